The summed E-state index contributed by atoms with van der Waals surface area (Å²) >= 11 is 0. The van der Waals surface area contributed by atoms with E-state index >= 15 is 0 Å². The molecule has 0 amide bonds. The van der Waals surface area contributed by atoms with E-state index in [2.05, 4.69) is 10.2 Å². The minimum Gasteiger partial charge on any atom is -0.422 e. The van der Waals surface area contributed by atoms with E-state index < -0.39 is 6.10 Å². The predicted octanol–water partition coefficient (Wildman–Crippen LogP) is 1.60. The maximum atomic E-state index is 9.67. The van der Waals surface area contributed by atoms with Gasteiger partial charge in [-0.05, 0) is 55.8 Å². The molecule has 0 aliphatic heterocycles. The van der Waals surface area contributed by atoms with Crippen LogP contribution in [0.1, 0.15) is 55.9 Å². The minimum atomic E-state index is -0.821. The maximum Gasteiger partial charge on any atom is 0.246 e. The number of aliphatic hydroxyl groups excluding tert-OH is 1. The summed E-state index contributed by atoms with van der Waals surface area (Å²) in [6.45, 7) is 0.128. The van der Waals surface area contributed by atoms with E-state index in [1.807, 2.05) is 0 Å². The third kappa shape index (κ3) is 1.82. The van der Waals surface area contributed by atoms with Crippen LogP contribution in [0.4, 0.5) is 0 Å². The third-order valence-corrected chi connectivity index (χ3v) is 5.48. The van der Waals surface area contributed by atoms with E-state index in [1.54, 1.807) is 0 Å². The van der Waals surface area contributed by atoms with E-state index in [0.29, 0.717) is 5.92 Å². The number of hydrogen-bond acceptors (Lipinski definition) is 5. The Morgan fingerprint density at radius 1 is 1.11 bits per heavy atom. The first-order valence-electron chi connectivity index (χ1n) is 7.46. The molecule has 5 rings (SSSR count). The summed E-state index contributed by atoms with van der Waals surface area (Å²) in [5, 5.41) is 17.8. The Labute approximate surface area is 112 Å². The number of rotatable bonds is 3. The summed E-state index contributed by atoms with van der Waals surface area (Å²) in [7, 11) is 0. The Balaban J connectivity index is 1.60. The molecule has 1 aromatic rings. The van der Waals surface area contributed by atoms with Gasteiger partial charge in [0.05, 0.1) is 0 Å². The standard InChI is InChI=1S/C14H21N3O2/c15-6-11(18)13-16-17-14(19-13)12-9-2-7-1-8(4-9)5-10(12)3-7/h7-12,18H,1-6,15H2. The monoisotopic (exact) mass is 263 g/mol. The Morgan fingerprint density at radius 3 is 2.32 bits per heavy atom. The number of aliphatic hydroxyl groups is 1. The van der Waals surface area contributed by atoms with E-state index in [0.717, 1.165) is 29.6 Å². The summed E-state index contributed by atoms with van der Waals surface area (Å²) in [6.07, 6.45) is 5.94. The first-order valence-corrected chi connectivity index (χ1v) is 7.46. The Bertz CT molecular complexity index is 445. The van der Waals surface area contributed by atoms with Crippen molar-refractivity contribution in [1.82, 2.24) is 10.2 Å². The molecule has 1 atom stereocenters. The van der Waals surface area contributed by atoms with E-state index in [-0.39, 0.29) is 12.4 Å². The topological polar surface area (TPSA) is 85.2 Å². The third-order valence-electron chi connectivity index (χ3n) is 5.48. The molecule has 5 nitrogen and oxygen atoms in total. The van der Waals surface area contributed by atoms with Gasteiger partial charge in [-0.3, -0.25) is 0 Å². The molecule has 5 heteroatoms. The summed E-state index contributed by atoms with van der Waals surface area (Å²) < 4.78 is 5.71. The van der Waals surface area contributed by atoms with Crippen LogP contribution in [0.15, 0.2) is 4.42 Å². The number of aromatic nitrogens is 2. The normalized spacial score (nSPS) is 41.7. The molecule has 4 saturated carbocycles. The van der Waals surface area contributed by atoms with Crippen LogP contribution in [0, 0.1) is 23.7 Å². The van der Waals surface area contributed by atoms with Crippen molar-refractivity contribution in [3.8, 4) is 0 Å². The van der Waals surface area contributed by atoms with Gasteiger partial charge in [-0.2, -0.15) is 0 Å². The van der Waals surface area contributed by atoms with Gasteiger partial charge >= 0.3 is 0 Å². The van der Waals surface area contributed by atoms with Crippen LogP contribution >= 0.6 is 0 Å². The van der Waals surface area contributed by atoms with Crippen LogP contribution in [0.5, 0.6) is 0 Å². The second-order valence-corrected chi connectivity index (χ2v) is 6.69. The molecule has 104 valence electrons. The zero-order valence-electron chi connectivity index (χ0n) is 11.0. The molecule has 4 aliphatic rings. The van der Waals surface area contributed by atoms with Crippen molar-refractivity contribution in [1.29, 1.82) is 0 Å². The molecular formula is C14H21N3O2. The van der Waals surface area contributed by atoms with Crippen LogP contribution in [0.2, 0.25) is 0 Å². The SMILES string of the molecule is NCC(O)c1nnc(C2C3CC4CC(C3)CC2C4)o1. The first-order chi connectivity index (χ1) is 9.24. The van der Waals surface area contributed by atoms with Gasteiger partial charge in [0, 0.05) is 12.5 Å². The van der Waals surface area contributed by atoms with Gasteiger partial charge in [0.1, 0.15) is 6.10 Å². The quantitative estimate of drug-likeness (QED) is 0.865. The zero-order chi connectivity index (χ0) is 13.0. The van der Waals surface area contributed by atoms with Gasteiger partial charge in [0.2, 0.25) is 11.8 Å². The van der Waals surface area contributed by atoms with E-state index in [4.69, 9.17) is 10.2 Å². The van der Waals surface area contributed by atoms with Crippen molar-refractivity contribution in [2.24, 2.45) is 29.4 Å². The highest BCUT2D eigenvalue weighted by molar-refractivity contribution is 5.08. The average Bonchev–Trinajstić information content (AvgIpc) is 2.86. The van der Waals surface area contributed by atoms with Gasteiger partial charge in [-0.15, -0.1) is 10.2 Å². The summed E-state index contributed by atoms with van der Waals surface area (Å²) in [4.78, 5) is 0. The number of hydrogen-bond donors (Lipinski definition) is 2. The van der Waals surface area contributed by atoms with Crippen molar-refractivity contribution in [2.75, 3.05) is 6.54 Å². The molecule has 1 heterocycles. The zero-order valence-corrected chi connectivity index (χ0v) is 11.0. The van der Waals surface area contributed by atoms with Gasteiger partial charge in [0.25, 0.3) is 0 Å². The van der Waals surface area contributed by atoms with Crippen LogP contribution in [-0.2, 0) is 0 Å². The molecule has 4 fully saturated rings. The van der Waals surface area contributed by atoms with E-state index in [1.165, 1.54) is 32.1 Å². The lowest BCUT2D eigenvalue weighted by Gasteiger charge is -2.53. The summed E-state index contributed by atoms with van der Waals surface area (Å²) in [5.41, 5.74) is 5.43. The van der Waals surface area contributed by atoms with Gasteiger partial charge < -0.3 is 15.3 Å². The lowest BCUT2D eigenvalue weighted by Crippen LogP contribution is -2.43. The second-order valence-electron chi connectivity index (χ2n) is 6.69. The van der Waals surface area contributed by atoms with Crippen LogP contribution in [0.3, 0.4) is 0 Å². The summed E-state index contributed by atoms with van der Waals surface area (Å²) in [6, 6.07) is 0. The minimum absolute atomic E-state index is 0.128. The smallest absolute Gasteiger partial charge is 0.246 e. The fourth-order valence-electron chi connectivity index (χ4n) is 4.95. The molecule has 4 aliphatic carbocycles. The molecule has 3 N–H and O–H groups in total. The van der Waals surface area contributed by atoms with Crippen molar-refractivity contribution in [2.45, 2.75) is 44.1 Å². The highest BCUT2D eigenvalue weighted by Gasteiger charge is 2.50. The number of nitrogens with two attached hydrogens (primary N) is 1. The Morgan fingerprint density at radius 2 is 1.74 bits per heavy atom. The maximum absolute atomic E-state index is 9.67. The van der Waals surface area contributed by atoms with Crippen molar-refractivity contribution in [3.63, 3.8) is 0 Å². The molecule has 4 bridgehead atoms. The molecule has 0 saturated heterocycles. The van der Waals surface area contributed by atoms with Gasteiger partial charge in [0.15, 0.2) is 0 Å². The van der Waals surface area contributed by atoms with E-state index in [9.17, 15) is 5.11 Å². The number of nitrogens with zero attached hydrogens (tertiary/aromatic N) is 2. The van der Waals surface area contributed by atoms with Crippen LogP contribution in [-0.4, -0.2) is 21.8 Å². The fourth-order valence-corrected chi connectivity index (χ4v) is 4.95. The molecule has 1 aromatic heterocycles. The van der Waals surface area contributed by atoms with Crippen molar-refractivity contribution in [3.05, 3.63) is 11.8 Å². The fraction of sp³-hybridized carbons (Fsp3) is 0.857. The van der Waals surface area contributed by atoms with Gasteiger partial charge in [-0.1, -0.05) is 0 Å². The second kappa shape index (κ2) is 4.28. The molecule has 0 radical (unpaired) electrons. The van der Waals surface area contributed by atoms with Crippen molar-refractivity contribution < 1.29 is 9.52 Å². The Kier molecular flexibility index (Phi) is 2.67. The molecule has 0 aromatic carbocycles. The lowest BCUT2D eigenvalue weighted by molar-refractivity contribution is -0.0125. The van der Waals surface area contributed by atoms with Crippen LogP contribution < -0.4 is 5.73 Å². The predicted molar refractivity (Wildman–Crippen MR) is 68.1 cm³/mol. The summed E-state index contributed by atoms with van der Waals surface area (Å²) in [5.74, 6) is 4.78. The Hall–Kier alpha value is -0.940. The molecule has 19 heavy (non-hydrogen) atoms. The average molecular weight is 263 g/mol. The molecule has 1 unspecified atom stereocenters. The highest BCUT2D eigenvalue weighted by atomic mass is 16.4. The largest absolute Gasteiger partial charge is 0.422 e. The lowest BCUT2D eigenvalue weighted by atomic mass is 9.52. The molecule has 0 spiro atoms. The van der Waals surface area contributed by atoms with Crippen molar-refractivity contribution >= 4 is 0 Å². The molecular weight excluding hydrogens is 242 g/mol. The first kappa shape index (κ1) is 11.9. The highest BCUT2D eigenvalue weighted by Crippen LogP contribution is 2.59. The van der Waals surface area contributed by atoms with Gasteiger partial charge in [-0.25, -0.2) is 0 Å². The van der Waals surface area contributed by atoms with Crippen LogP contribution in [0.25, 0.3) is 0 Å².